The highest BCUT2D eigenvalue weighted by molar-refractivity contribution is 5.98. The highest BCUT2D eigenvalue weighted by Crippen LogP contribution is 2.20. The van der Waals surface area contributed by atoms with Crippen LogP contribution in [0.2, 0.25) is 0 Å². The van der Waals surface area contributed by atoms with E-state index < -0.39 is 0 Å². The average Bonchev–Trinajstić information content (AvgIpc) is 3.00. The molecule has 0 unspecified atom stereocenters. The van der Waals surface area contributed by atoms with Gasteiger partial charge in [-0.2, -0.15) is 0 Å². The van der Waals surface area contributed by atoms with Crippen LogP contribution in [0.5, 0.6) is 0 Å². The van der Waals surface area contributed by atoms with E-state index in [0.29, 0.717) is 12.1 Å². The highest BCUT2D eigenvalue weighted by atomic mass is 16.3. The molecule has 0 aliphatic heterocycles. The summed E-state index contributed by atoms with van der Waals surface area (Å²) in [6.45, 7) is 4.69. The third kappa shape index (κ3) is 3.74. The maximum Gasteiger partial charge on any atom is 0.268 e. The first-order chi connectivity index (χ1) is 12.1. The van der Waals surface area contributed by atoms with E-state index in [1.165, 1.54) is 5.56 Å². The number of hydrogen-bond acceptors (Lipinski definition) is 2. The predicted molar refractivity (Wildman–Crippen MR) is 101 cm³/mol. The summed E-state index contributed by atoms with van der Waals surface area (Å²) in [7, 11) is 0. The summed E-state index contributed by atoms with van der Waals surface area (Å²) >= 11 is 0. The highest BCUT2D eigenvalue weighted by Gasteiger charge is 2.18. The third-order valence-corrected chi connectivity index (χ3v) is 4.48. The van der Waals surface area contributed by atoms with E-state index in [2.05, 4.69) is 11.4 Å². The summed E-state index contributed by atoms with van der Waals surface area (Å²) in [4.78, 5) is 12.8. The van der Waals surface area contributed by atoms with Gasteiger partial charge in [-0.1, -0.05) is 48.0 Å². The van der Waals surface area contributed by atoms with Crippen LogP contribution in [0.15, 0.2) is 54.6 Å². The van der Waals surface area contributed by atoms with Crippen molar-refractivity contribution in [2.24, 2.45) is 0 Å². The van der Waals surface area contributed by atoms with Crippen LogP contribution in [0.25, 0.3) is 10.9 Å². The van der Waals surface area contributed by atoms with Crippen LogP contribution < -0.4 is 5.32 Å². The summed E-state index contributed by atoms with van der Waals surface area (Å²) < 4.78 is 2.01. The SMILES string of the molecule is CCn1c(C(=O)N[C@@H](CO)Cc2cccc(C)c2)cc2ccccc21. The third-order valence-electron chi connectivity index (χ3n) is 4.48. The standard InChI is InChI=1S/C21H24N2O2/c1-3-23-19-10-5-4-9-17(19)13-20(23)21(25)22-18(14-24)12-16-8-6-7-15(2)11-16/h4-11,13,18,24H,3,12,14H2,1-2H3,(H,22,25)/t18-/m1/s1. The van der Waals surface area contributed by atoms with Gasteiger partial charge < -0.3 is 15.0 Å². The zero-order chi connectivity index (χ0) is 17.8. The van der Waals surface area contributed by atoms with E-state index in [0.717, 1.165) is 23.0 Å². The fourth-order valence-corrected chi connectivity index (χ4v) is 3.28. The number of rotatable bonds is 6. The second-order valence-corrected chi connectivity index (χ2v) is 6.38. The molecule has 1 heterocycles. The number of aromatic nitrogens is 1. The van der Waals surface area contributed by atoms with Crippen molar-refractivity contribution in [3.63, 3.8) is 0 Å². The molecule has 130 valence electrons. The lowest BCUT2D eigenvalue weighted by Gasteiger charge is -2.17. The number of nitrogens with zero attached hydrogens (tertiary/aromatic N) is 1. The van der Waals surface area contributed by atoms with Gasteiger partial charge >= 0.3 is 0 Å². The fraction of sp³-hybridized carbons (Fsp3) is 0.286. The topological polar surface area (TPSA) is 54.3 Å². The van der Waals surface area contributed by atoms with Gasteiger partial charge in [0.2, 0.25) is 0 Å². The number of aliphatic hydroxyl groups is 1. The van der Waals surface area contributed by atoms with Gasteiger partial charge in [-0.05, 0) is 38.0 Å². The number of nitrogens with one attached hydrogen (secondary N) is 1. The van der Waals surface area contributed by atoms with Gasteiger partial charge in [0.25, 0.3) is 5.91 Å². The average molecular weight is 336 g/mol. The molecule has 4 heteroatoms. The predicted octanol–water partition coefficient (Wildman–Crippen LogP) is 3.30. The smallest absolute Gasteiger partial charge is 0.268 e. The number of aryl methyl sites for hydroxylation is 2. The summed E-state index contributed by atoms with van der Waals surface area (Å²) in [5.41, 5.74) is 3.96. The minimum atomic E-state index is -0.308. The molecule has 0 saturated heterocycles. The van der Waals surface area contributed by atoms with Gasteiger partial charge in [0.15, 0.2) is 0 Å². The second-order valence-electron chi connectivity index (χ2n) is 6.38. The molecule has 1 aromatic heterocycles. The Labute approximate surface area is 148 Å². The first-order valence-electron chi connectivity index (χ1n) is 8.68. The lowest BCUT2D eigenvalue weighted by molar-refractivity contribution is 0.0907. The fourth-order valence-electron chi connectivity index (χ4n) is 3.28. The van der Waals surface area contributed by atoms with Crippen molar-refractivity contribution in [2.75, 3.05) is 6.61 Å². The van der Waals surface area contributed by atoms with Crippen molar-refractivity contribution >= 4 is 16.8 Å². The summed E-state index contributed by atoms with van der Waals surface area (Å²) in [5, 5.41) is 13.7. The number of para-hydroxylation sites is 1. The van der Waals surface area contributed by atoms with E-state index in [1.54, 1.807) is 0 Å². The molecular weight excluding hydrogens is 312 g/mol. The van der Waals surface area contributed by atoms with Gasteiger partial charge in [-0.25, -0.2) is 0 Å². The Balaban J connectivity index is 1.80. The van der Waals surface area contributed by atoms with Crippen molar-refractivity contribution in [1.82, 2.24) is 9.88 Å². The van der Waals surface area contributed by atoms with Gasteiger partial charge in [0, 0.05) is 17.4 Å². The number of fused-ring (bicyclic) bond motifs is 1. The largest absolute Gasteiger partial charge is 0.394 e. The van der Waals surface area contributed by atoms with Crippen molar-refractivity contribution in [3.05, 3.63) is 71.4 Å². The lowest BCUT2D eigenvalue weighted by Crippen LogP contribution is -2.39. The zero-order valence-corrected chi connectivity index (χ0v) is 14.7. The van der Waals surface area contributed by atoms with Gasteiger partial charge in [0.1, 0.15) is 5.69 Å². The maximum atomic E-state index is 12.8. The molecule has 0 radical (unpaired) electrons. The molecule has 0 spiro atoms. The van der Waals surface area contributed by atoms with Crippen molar-refractivity contribution in [3.8, 4) is 0 Å². The number of carbonyl (C=O) groups is 1. The van der Waals surface area contributed by atoms with Gasteiger partial charge in [-0.15, -0.1) is 0 Å². The molecule has 2 aromatic carbocycles. The quantitative estimate of drug-likeness (QED) is 0.726. The normalized spacial score (nSPS) is 12.3. The molecule has 3 rings (SSSR count). The summed E-state index contributed by atoms with van der Waals surface area (Å²) in [6, 6.07) is 17.7. The Morgan fingerprint density at radius 1 is 1.16 bits per heavy atom. The molecule has 0 aliphatic carbocycles. The Bertz CT molecular complexity index is 882. The molecule has 0 aliphatic rings. The molecule has 2 N–H and O–H groups in total. The molecule has 1 amide bonds. The molecule has 0 bridgehead atoms. The molecule has 25 heavy (non-hydrogen) atoms. The van der Waals surface area contributed by atoms with Crippen LogP contribution in [0, 0.1) is 6.92 Å². The van der Waals surface area contributed by atoms with Gasteiger partial charge in [-0.3, -0.25) is 4.79 Å². The van der Waals surface area contributed by atoms with Crippen LogP contribution >= 0.6 is 0 Å². The number of carbonyl (C=O) groups excluding carboxylic acids is 1. The minimum Gasteiger partial charge on any atom is -0.394 e. The Hall–Kier alpha value is -2.59. The number of aliphatic hydroxyl groups excluding tert-OH is 1. The number of hydrogen-bond donors (Lipinski definition) is 2. The van der Waals surface area contributed by atoms with E-state index in [4.69, 9.17) is 0 Å². The van der Waals surface area contributed by atoms with Crippen molar-refractivity contribution < 1.29 is 9.90 Å². The zero-order valence-electron chi connectivity index (χ0n) is 14.7. The summed E-state index contributed by atoms with van der Waals surface area (Å²) in [5.74, 6) is -0.148. The van der Waals surface area contributed by atoms with Crippen molar-refractivity contribution in [2.45, 2.75) is 32.9 Å². The van der Waals surface area contributed by atoms with Gasteiger partial charge in [0.05, 0.1) is 12.6 Å². The molecule has 1 atom stereocenters. The molecular formula is C21H24N2O2. The number of benzene rings is 2. The Kier molecular flexibility index (Phi) is 5.19. The first-order valence-corrected chi connectivity index (χ1v) is 8.68. The van der Waals surface area contributed by atoms with Crippen LogP contribution in [0.4, 0.5) is 0 Å². The molecule has 4 nitrogen and oxygen atoms in total. The Morgan fingerprint density at radius 2 is 1.96 bits per heavy atom. The minimum absolute atomic E-state index is 0.0912. The molecule has 3 aromatic rings. The van der Waals surface area contributed by atoms with E-state index in [9.17, 15) is 9.90 Å². The summed E-state index contributed by atoms with van der Waals surface area (Å²) in [6.07, 6.45) is 0.607. The van der Waals surface area contributed by atoms with Crippen LogP contribution in [0.3, 0.4) is 0 Å². The van der Waals surface area contributed by atoms with Crippen LogP contribution in [0.1, 0.15) is 28.5 Å². The van der Waals surface area contributed by atoms with Crippen LogP contribution in [-0.4, -0.2) is 28.2 Å². The first kappa shape index (κ1) is 17.2. The van der Waals surface area contributed by atoms with E-state index in [1.807, 2.05) is 66.9 Å². The maximum absolute atomic E-state index is 12.8. The molecule has 0 fully saturated rings. The Morgan fingerprint density at radius 3 is 2.68 bits per heavy atom. The van der Waals surface area contributed by atoms with E-state index in [-0.39, 0.29) is 18.6 Å². The van der Waals surface area contributed by atoms with E-state index >= 15 is 0 Å². The second kappa shape index (κ2) is 7.53. The monoisotopic (exact) mass is 336 g/mol. The lowest BCUT2D eigenvalue weighted by atomic mass is 10.0. The van der Waals surface area contributed by atoms with Crippen LogP contribution in [-0.2, 0) is 13.0 Å². The van der Waals surface area contributed by atoms with Crippen molar-refractivity contribution in [1.29, 1.82) is 0 Å². The molecule has 0 saturated carbocycles. The number of amides is 1.